The molecule has 1 N–H and O–H groups in total. The lowest BCUT2D eigenvalue weighted by atomic mass is 10.1. The molecule has 0 atom stereocenters. The van der Waals surface area contributed by atoms with Gasteiger partial charge in [-0.05, 0) is 56.7 Å². The van der Waals surface area contributed by atoms with Gasteiger partial charge in [0.05, 0.1) is 0 Å². The Morgan fingerprint density at radius 2 is 1.96 bits per heavy atom. The molecule has 3 aromatic rings. The number of rotatable bonds is 4. The Kier molecular flexibility index (Phi) is 5.02. The molecular formula is C19H18N2OS2. The minimum Gasteiger partial charge on any atom is -0.322 e. The molecule has 0 aliphatic carbocycles. The summed E-state index contributed by atoms with van der Waals surface area (Å²) in [6.45, 7) is 5.98. The van der Waals surface area contributed by atoms with Gasteiger partial charge >= 0.3 is 0 Å². The van der Waals surface area contributed by atoms with Crippen molar-refractivity contribution in [3.63, 3.8) is 0 Å². The van der Waals surface area contributed by atoms with Crippen LogP contribution in [-0.2, 0) is 0 Å². The highest BCUT2D eigenvalue weighted by Crippen LogP contribution is 2.32. The molecule has 0 saturated carbocycles. The summed E-state index contributed by atoms with van der Waals surface area (Å²) in [6.07, 6.45) is 0. The molecular weight excluding hydrogens is 336 g/mol. The summed E-state index contributed by atoms with van der Waals surface area (Å²) in [5.41, 5.74) is 4.66. The third-order valence-corrected chi connectivity index (χ3v) is 5.58. The summed E-state index contributed by atoms with van der Waals surface area (Å²) < 4.78 is 1.03. The third kappa shape index (κ3) is 4.04. The predicted octanol–water partition coefficient (Wildman–Crippen LogP) is 5.47. The largest absolute Gasteiger partial charge is 0.322 e. The van der Waals surface area contributed by atoms with Gasteiger partial charge in [-0.3, -0.25) is 4.79 Å². The molecule has 1 aromatic heterocycles. The number of aryl methyl sites for hydroxylation is 3. The zero-order chi connectivity index (χ0) is 17.1. The summed E-state index contributed by atoms with van der Waals surface area (Å²) in [7, 11) is 0. The zero-order valence-electron chi connectivity index (χ0n) is 13.8. The number of thiazole rings is 1. The molecule has 24 heavy (non-hydrogen) atoms. The maximum Gasteiger partial charge on any atom is 0.255 e. The molecule has 2 aromatic carbocycles. The number of hydrogen-bond donors (Lipinski definition) is 1. The lowest BCUT2D eigenvalue weighted by Gasteiger charge is -2.10. The number of nitrogens with one attached hydrogen (secondary N) is 1. The van der Waals surface area contributed by atoms with E-state index in [1.807, 2.05) is 62.5 Å². The number of nitrogens with zero attached hydrogens (tertiary/aromatic N) is 1. The Labute approximate surface area is 150 Å². The fourth-order valence-corrected chi connectivity index (χ4v) is 4.21. The second-order valence-corrected chi connectivity index (χ2v) is 7.84. The van der Waals surface area contributed by atoms with Crippen LogP contribution in [0.2, 0.25) is 0 Å². The molecule has 0 bridgehead atoms. The van der Waals surface area contributed by atoms with E-state index in [1.165, 1.54) is 0 Å². The van der Waals surface area contributed by atoms with Crippen molar-refractivity contribution in [3.05, 3.63) is 70.2 Å². The lowest BCUT2D eigenvalue weighted by molar-refractivity contribution is 0.102. The molecule has 0 fully saturated rings. The third-order valence-electron chi connectivity index (χ3n) is 3.53. The fraction of sp³-hybridized carbons (Fsp3) is 0.158. The van der Waals surface area contributed by atoms with Gasteiger partial charge in [-0.1, -0.05) is 29.5 Å². The quantitative estimate of drug-likeness (QED) is 0.675. The summed E-state index contributed by atoms with van der Waals surface area (Å²) in [4.78, 5) is 18.0. The first-order valence-electron chi connectivity index (χ1n) is 7.60. The van der Waals surface area contributed by atoms with E-state index in [0.717, 1.165) is 31.7 Å². The van der Waals surface area contributed by atoms with Gasteiger partial charge in [0.25, 0.3) is 5.91 Å². The van der Waals surface area contributed by atoms with Gasteiger partial charge in [0.1, 0.15) is 0 Å². The standard InChI is InChI=1S/C19H18N2OS2/c1-12-5-4-6-15(9-12)18(22)21-17-8-7-16(10-13(17)2)24-19-20-14(3)11-23-19/h4-11H,1-3H3,(H,21,22). The number of carbonyl (C=O) groups is 1. The van der Waals surface area contributed by atoms with E-state index in [9.17, 15) is 4.79 Å². The number of aromatic nitrogens is 1. The van der Waals surface area contributed by atoms with Crippen LogP contribution in [-0.4, -0.2) is 10.9 Å². The van der Waals surface area contributed by atoms with E-state index >= 15 is 0 Å². The van der Waals surface area contributed by atoms with Crippen molar-refractivity contribution in [3.8, 4) is 0 Å². The first kappa shape index (κ1) is 16.7. The van der Waals surface area contributed by atoms with Crippen molar-refractivity contribution < 1.29 is 4.79 Å². The number of amides is 1. The van der Waals surface area contributed by atoms with Crippen molar-refractivity contribution in [2.75, 3.05) is 5.32 Å². The molecule has 3 nitrogen and oxygen atoms in total. The number of hydrogen-bond acceptors (Lipinski definition) is 4. The van der Waals surface area contributed by atoms with Gasteiger partial charge in [0.2, 0.25) is 0 Å². The number of carbonyl (C=O) groups excluding carboxylic acids is 1. The summed E-state index contributed by atoms with van der Waals surface area (Å²) in [5.74, 6) is -0.0854. The zero-order valence-corrected chi connectivity index (χ0v) is 15.4. The van der Waals surface area contributed by atoms with E-state index < -0.39 is 0 Å². The van der Waals surface area contributed by atoms with E-state index in [0.29, 0.717) is 5.56 Å². The molecule has 3 rings (SSSR count). The maximum absolute atomic E-state index is 12.4. The van der Waals surface area contributed by atoms with Crippen molar-refractivity contribution in [1.29, 1.82) is 0 Å². The molecule has 5 heteroatoms. The lowest BCUT2D eigenvalue weighted by Crippen LogP contribution is -2.12. The van der Waals surface area contributed by atoms with Crippen LogP contribution in [0.3, 0.4) is 0 Å². The van der Waals surface area contributed by atoms with E-state index in [4.69, 9.17) is 0 Å². The Morgan fingerprint density at radius 1 is 1.12 bits per heavy atom. The normalized spacial score (nSPS) is 10.6. The first-order valence-corrected chi connectivity index (χ1v) is 9.29. The van der Waals surface area contributed by atoms with Crippen molar-refractivity contribution in [1.82, 2.24) is 4.98 Å². The van der Waals surface area contributed by atoms with Gasteiger partial charge in [-0.2, -0.15) is 0 Å². The van der Waals surface area contributed by atoms with Gasteiger partial charge in [-0.25, -0.2) is 4.98 Å². The Bertz CT molecular complexity index is 887. The monoisotopic (exact) mass is 354 g/mol. The SMILES string of the molecule is Cc1cccc(C(=O)Nc2ccc(Sc3nc(C)cs3)cc2C)c1. The minimum absolute atomic E-state index is 0.0854. The first-order chi connectivity index (χ1) is 11.5. The van der Waals surface area contributed by atoms with Gasteiger partial charge < -0.3 is 5.32 Å². The van der Waals surface area contributed by atoms with Gasteiger partial charge in [-0.15, -0.1) is 11.3 Å². The van der Waals surface area contributed by atoms with Crippen LogP contribution in [0.5, 0.6) is 0 Å². The fourth-order valence-electron chi connectivity index (χ4n) is 2.30. The van der Waals surface area contributed by atoms with Crippen LogP contribution in [0.4, 0.5) is 5.69 Å². The minimum atomic E-state index is -0.0854. The molecule has 0 saturated heterocycles. The molecule has 122 valence electrons. The molecule has 0 aliphatic heterocycles. The summed E-state index contributed by atoms with van der Waals surface area (Å²) in [5, 5.41) is 5.03. The molecule has 0 aliphatic rings. The average molecular weight is 355 g/mol. The predicted molar refractivity (Wildman–Crippen MR) is 101 cm³/mol. The van der Waals surface area contributed by atoms with Crippen molar-refractivity contribution in [2.45, 2.75) is 30.0 Å². The highest BCUT2D eigenvalue weighted by molar-refractivity contribution is 8.01. The second-order valence-electron chi connectivity index (χ2n) is 5.66. The molecule has 0 spiro atoms. The van der Waals surface area contributed by atoms with Crippen LogP contribution in [0.1, 0.15) is 27.2 Å². The topological polar surface area (TPSA) is 42.0 Å². The van der Waals surface area contributed by atoms with Crippen LogP contribution in [0.15, 0.2) is 57.1 Å². The van der Waals surface area contributed by atoms with Crippen molar-refractivity contribution in [2.24, 2.45) is 0 Å². The summed E-state index contributed by atoms with van der Waals surface area (Å²) >= 11 is 3.29. The van der Waals surface area contributed by atoms with Gasteiger partial charge in [0.15, 0.2) is 4.34 Å². The van der Waals surface area contributed by atoms with Gasteiger partial charge in [0, 0.05) is 27.2 Å². The molecule has 1 heterocycles. The Morgan fingerprint density at radius 3 is 2.62 bits per heavy atom. The van der Waals surface area contributed by atoms with Crippen molar-refractivity contribution >= 4 is 34.7 Å². The van der Waals surface area contributed by atoms with E-state index in [-0.39, 0.29) is 5.91 Å². The van der Waals surface area contributed by atoms with Crippen LogP contribution in [0, 0.1) is 20.8 Å². The number of benzene rings is 2. The maximum atomic E-state index is 12.4. The Hall–Kier alpha value is -2.11. The smallest absolute Gasteiger partial charge is 0.255 e. The second kappa shape index (κ2) is 7.20. The van der Waals surface area contributed by atoms with E-state index in [1.54, 1.807) is 23.1 Å². The van der Waals surface area contributed by atoms with Crippen LogP contribution < -0.4 is 5.32 Å². The average Bonchev–Trinajstić information content (AvgIpc) is 2.95. The van der Waals surface area contributed by atoms with E-state index in [2.05, 4.69) is 16.4 Å². The highest BCUT2D eigenvalue weighted by atomic mass is 32.2. The Balaban J connectivity index is 1.74. The highest BCUT2D eigenvalue weighted by Gasteiger charge is 2.09. The summed E-state index contributed by atoms with van der Waals surface area (Å²) in [6, 6.07) is 13.6. The molecule has 0 radical (unpaired) electrons. The molecule has 1 amide bonds. The molecule has 0 unspecified atom stereocenters. The van der Waals surface area contributed by atoms with Crippen LogP contribution >= 0.6 is 23.1 Å². The van der Waals surface area contributed by atoms with Crippen LogP contribution in [0.25, 0.3) is 0 Å². The number of anilines is 1.